The number of benzene rings is 1. The third-order valence-corrected chi connectivity index (χ3v) is 4.79. The largest absolute Gasteiger partial charge is 0.327 e. The number of fused-ring (bicyclic) bond motifs is 1. The Morgan fingerprint density at radius 1 is 1.41 bits per heavy atom. The lowest BCUT2D eigenvalue weighted by atomic mass is 10.1. The summed E-state index contributed by atoms with van der Waals surface area (Å²) in [5, 5.41) is 0. The molecule has 1 aliphatic rings. The van der Waals surface area contributed by atoms with Gasteiger partial charge in [-0.1, -0.05) is 12.1 Å². The molecule has 2 nitrogen and oxygen atoms in total. The number of rotatable bonds is 3. The molecular formula is C13H15ClN2S. The molecule has 0 N–H and O–H groups in total. The third-order valence-electron chi connectivity index (χ3n) is 3.32. The Morgan fingerprint density at radius 3 is 3.06 bits per heavy atom. The molecule has 1 aromatic carbocycles. The number of halogens is 1. The standard InChI is InChI=1S/C13H15ClN2S/c14-7-13-15-11-3-1-2-4-12(11)16(13)8-10-5-6-17-9-10/h1-4,10H,5-9H2. The molecule has 4 heteroatoms. The number of para-hydroxylation sites is 2. The summed E-state index contributed by atoms with van der Waals surface area (Å²) >= 11 is 8.06. The van der Waals surface area contributed by atoms with Crippen molar-refractivity contribution < 1.29 is 0 Å². The van der Waals surface area contributed by atoms with E-state index in [1.165, 1.54) is 23.4 Å². The zero-order valence-electron chi connectivity index (χ0n) is 9.60. The summed E-state index contributed by atoms with van der Waals surface area (Å²) < 4.78 is 2.30. The number of imidazole rings is 1. The Hall–Kier alpha value is -0.670. The molecule has 90 valence electrons. The number of nitrogens with zero attached hydrogens (tertiary/aromatic N) is 2. The molecule has 0 radical (unpaired) electrons. The maximum absolute atomic E-state index is 6.00. The van der Waals surface area contributed by atoms with Gasteiger partial charge in [0.25, 0.3) is 0 Å². The van der Waals surface area contributed by atoms with E-state index in [1.54, 1.807) is 0 Å². The van der Waals surface area contributed by atoms with Gasteiger partial charge in [0.15, 0.2) is 0 Å². The summed E-state index contributed by atoms with van der Waals surface area (Å²) in [6.45, 7) is 1.07. The number of alkyl halides is 1. The molecule has 0 spiro atoms. The van der Waals surface area contributed by atoms with E-state index in [1.807, 2.05) is 6.07 Å². The van der Waals surface area contributed by atoms with Crippen molar-refractivity contribution in [3.05, 3.63) is 30.1 Å². The van der Waals surface area contributed by atoms with Crippen LogP contribution in [-0.4, -0.2) is 21.1 Å². The van der Waals surface area contributed by atoms with Crippen molar-refractivity contribution in [2.24, 2.45) is 5.92 Å². The summed E-state index contributed by atoms with van der Waals surface area (Å²) in [4.78, 5) is 4.60. The monoisotopic (exact) mass is 266 g/mol. The van der Waals surface area contributed by atoms with Gasteiger partial charge < -0.3 is 4.57 Å². The Morgan fingerprint density at radius 2 is 2.29 bits per heavy atom. The van der Waals surface area contributed by atoms with Crippen molar-refractivity contribution >= 4 is 34.4 Å². The summed E-state index contributed by atoms with van der Waals surface area (Å²) in [6.07, 6.45) is 1.32. The number of hydrogen-bond donors (Lipinski definition) is 0. The quantitative estimate of drug-likeness (QED) is 0.791. The molecule has 0 aliphatic carbocycles. The van der Waals surface area contributed by atoms with Crippen molar-refractivity contribution in [2.75, 3.05) is 11.5 Å². The van der Waals surface area contributed by atoms with Crippen molar-refractivity contribution in [2.45, 2.75) is 18.8 Å². The van der Waals surface area contributed by atoms with Crippen LogP contribution in [0.5, 0.6) is 0 Å². The zero-order chi connectivity index (χ0) is 11.7. The second kappa shape index (κ2) is 4.91. The zero-order valence-corrected chi connectivity index (χ0v) is 11.2. The van der Waals surface area contributed by atoms with Crippen LogP contribution in [0.15, 0.2) is 24.3 Å². The first kappa shape index (κ1) is 11.4. The van der Waals surface area contributed by atoms with Crippen LogP contribution in [0.3, 0.4) is 0 Å². The summed E-state index contributed by atoms with van der Waals surface area (Å²) in [7, 11) is 0. The van der Waals surface area contributed by atoms with Gasteiger partial charge in [0.1, 0.15) is 5.82 Å². The van der Waals surface area contributed by atoms with Crippen molar-refractivity contribution in [3.8, 4) is 0 Å². The number of thioether (sulfide) groups is 1. The highest BCUT2D eigenvalue weighted by Gasteiger charge is 2.19. The molecule has 3 rings (SSSR count). The lowest BCUT2D eigenvalue weighted by Crippen LogP contribution is -2.12. The molecule has 0 bridgehead atoms. The van der Waals surface area contributed by atoms with Gasteiger partial charge in [-0.3, -0.25) is 0 Å². The van der Waals surface area contributed by atoms with Crippen LogP contribution in [0, 0.1) is 5.92 Å². The van der Waals surface area contributed by atoms with Crippen molar-refractivity contribution in [1.29, 1.82) is 0 Å². The van der Waals surface area contributed by atoms with E-state index in [0.717, 1.165) is 23.8 Å². The molecule has 1 aromatic heterocycles. The average molecular weight is 267 g/mol. The Bertz CT molecular complexity index is 517. The summed E-state index contributed by atoms with van der Waals surface area (Å²) in [5.74, 6) is 4.85. The predicted octanol–water partition coefficient (Wildman–Crippen LogP) is 3.53. The van der Waals surface area contributed by atoms with Gasteiger partial charge in [-0.05, 0) is 36.0 Å². The highest BCUT2D eigenvalue weighted by molar-refractivity contribution is 7.99. The van der Waals surface area contributed by atoms with Crippen LogP contribution in [0.2, 0.25) is 0 Å². The van der Waals surface area contributed by atoms with Crippen LogP contribution in [0.4, 0.5) is 0 Å². The van der Waals surface area contributed by atoms with Crippen LogP contribution in [0.1, 0.15) is 12.2 Å². The molecule has 0 amide bonds. The highest BCUT2D eigenvalue weighted by atomic mass is 35.5. The fourth-order valence-electron chi connectivity index (χ4n) is 2.42. The molecule has 1 fully saturated rings. The Labute approximate surface area is 110 Å². The molecule has 1 unspecified atom stereocenters. The Kier molecular flexibility index (Phi) is 3.30. The first-order chi connectivity index (χ1) is 8.38. The number of aromatic nitrogens is 2. The topological polar surface area (TPSA) is 17.8 Å². The van der Waals surface area contributed by atoms with E-state index in [0.29, 0.717) is 5.88 Å². The smallest absolute Gasteiger partial charge is 0.124 e. The minimum Gasteiger partial charge on any atom is -0.327 e. The summed E-state index contributed by atoms with van der Waals surface area (Å²) in [5.41, 5.74) is 2.29. The first-order valence-corrected chi connectivity index (χ1v) is 7.65. The summed E-state index contributed by atoms with van der Waals surface area (Å²) in [6, 6.07) is 8.30. The van der Waals surface area contributed by atoms with Gasteiger partial charge >= 0.3 is 0 Å². The highest BCUT2D eigenvalue weighted by Crippen LogP contribution is 2.27. The maximum atomic E-state index is 6.00. The maximum Gasteiger partial charge on any atom is 0.124 e. The van der Waals surface area contributed by atoms with Crippen molar-refractivity contribution in [3.63, 3.8) is 0 Å². The van der Waals surface area contributed by atoms with Crippen LogP contribution < -0.4 is 0 Å². The first-order valence-electron chi connectivity index (χ1n) is 5.96. The predicted molar refractivity (Wildman–Crippen MR) is 74.7 cm³/mol. The Balaban J connectivity index is 1.99. The second-order valence-electron chi connectivity index (χ2n) is 4.49. The molecule has 1 atom stereocenters. The van der Waals surface area contributed by atoms with Gasteiger partial charge in [0, 0.05) is 6.54 Å². The van der Waals surface area contributed by atoms with E-state index in [9.17, 15) is 0 Å². The van der Waals surface area contributed by atoms with Gasteiger partial charge in [-0.2, -0.15) is 11.8 Å². The van der Waals surface area contributed by atoms with E-state index < -0.39 is 0 Å². The van der Waals surface area contributed by atoms with E-state index in [4.69, 9.17) is 11.6 Å². The van der Waals surface area contributed by atoms with Gasteiger partial charge in [0.2, 0.25) is 0 Å². The lowest BCUT2D eigenvalue weighted by Gasteiger charge is -2.12. The minimum absolute atomic E-state index is 0.495. The molecule has 0 saturated carbocycles. The molecule has 1 saturated heterocycles. The lowest BCUT2D eigenvalue weighted by molar-refractivity contribution is 0.493. The molecular weight excluding hydrogens is 252 g/mol. The average Bonchev–Trinajstić information content (AvgIpc) is 2.98. The van der Waals surface area contributed by atoms with E-state index in [2.05, 4.69) is 39.5 Å². The minimum atomic E-state index is 0.495. The van der Waals surface area contributed by atoms with Crippen LogP contribution >= 0.6 is 23.4 Å². The fourth-order valence-corrected chi connectivity index (χ4v) is 3.89. The SMILES string of the molecule is ClCc1nc2ccccc2n1CC1CCSC1. The molecule has 1 aliphatic heterocycles. The van der Waals surface area contributed by atoms with Gasteiger partial charge in [-0.15, -0.1) is 11.6 Å². The van der Waals surface area contributed by atoms with E-state index in [-0.39, 0.29) is 0 Å². The normalized spacial score (nSPS) is 20.2. The third kappa shape index (κ3) is 2.18. The molecule has 2 aromatic rings. The van der Waals surface area contributed by atoms with Crippen LogP contribution in [0.25, 0.3) is 11.0 Å². The van der Waals surface area contributed by atoms with Crippen LogP contribution in [-0.2, 0) is 12.4 Å². The van der Waals surface area contributed by atoms with Crippen molar-refractivity contribution in [1.82, 2.24) is 9.55 Å². The van der Waals surface area contributed by atoms with Gasteiger partial charge in [-0.25, -0.2) is 4.98 Å². The number of hydrogen-bond acceptors (Lipinski definition) is 2. The molecule has 17 heavy (non-hydrogen) atoms. The molecule has 2 heterocycles. The van der Waals surface area contributed by atoms with E-state index >= 15 is 0 Å². The second-order valence-corrected chi connectivity index (χ2v) is 5.91. The fraction of sp³-hybridized carbons (Fsp3) is 0.462. The van der Waals surface area contributed by atoms with Gasteiger partial charge in [0.05, 0.1) is 16.9 Å².